The fraction of sp³-hybridized carbons (Fsp3) is 0.417. The van der Waals surface area contributed by atoms with E-state index < -0.39 is 11.7 Å². The molecule has 1 unspecified atom stereocenters. The molecule has 1 saturated heterocycles. The highest BCUT2D eigenvalue weighted by atomic mass is 35.5. The number of carbonyl (C=O) groups is 1. The van der Waals surface area contributed by atoms with Crippen LogP contribution in [-0.4, -0.2) is 42.5 Å². The van der Waals surface area contributed by atoms with E-state index in [1.807, 2.05) is 0 Å². The number of ether oxygens (including phenoxy) is 1. The summed E-state index contributed by atoms with van der Waals surface area (Å²) >= 11 is 11.7. The van der Waals surface area contributed by atoms with Gasteiger partial charge in [-0.15, -0.1) is 11.6 Å². The first kappa shape index (κ1) is 13.6. The lowest BCUT2D eigenvalue weighted by atomic mass is 10.1. The summed E-state index contributed by atoms with van der Waals surface area (Å²) in [5.74, 6) is -0.808. The molecule has 0 spiro atoms. The van der Waals surface area contributed by atoms with Gasteiger partial charge < -0.3 is 9.64 Å². The molecular formula is C12H12Cl2FNO2. The van der Waals surface area contributed by atoms with Gasteiger partial charge in [-0.3, -0.25) is 4.79 Å². The average Bonchev–Trinajstić information content (AvgIpc) is 2.38. The number of amides is 1. The standard InChI is InChI=1S/C12H12Cl2FNO2/c13-6-8-7-18-5-4-16(8)12(17)11-9(14)2-1-3-10(11)15/h1-3,8H,4-7H2. The Hall–Kier alpha value is -0.840. The Bertz CT molecular complexity index is 435. The third-order valence-corrected chi connectivity index (χ3v) is 3.51. The van der Waals surface area contributed by atoms with E-state index in [1.165, 1.54) is 23.1 Å². The largest absolute Gasteiger partial charge is 0.377 e. The molecule has 0 saturated carbocycles. The van der Waals surface area contributed by atoms with Crippen molar-refractivity contribution in [3.8, 4) is 0 Å². The van der Waals surface area contributed by atoms with E-state index in [2.05, 4.69) is 0 Å². The van der Waals surface area contributed by atoms with E-state index in [1.54, 1.807) is 0 Å². The predicted molar refractivity (Wildman–Crippen MR) is 67.8 cm³/mol. The molecule has 6 heteroatoms. The van der Waals surface area contributed by atoms with Crippen LogP contribution in [0.1, 0.15) is 10.4 Å². The van der Waals surface area contributed by atoms with Crippen LogP contribution in [-0.2, 0) is 4.74 Å². The van der Waals surface area contributed by atoms with Crippen LogP contribution in [0.2, 0.25) is 5.02 Å². The smallest absolute Gasteiger partial charge is 0.258 e. The fourth-order valence-corrected chi connectivity index (χ4v) is 2.40. The number of morpholine rings is 1. The summed E-state index contributed by atoms with van der Waals surface area (Å²) in [5.41, 5.74) is -0.101. The van der Waals surface area contributed by atoms with E-state index in [9.17, 15) is 9.18 Å². The lowest BCUT2D eigenvalue weighted by Gasteiger charge is -2.34. The van der Waals surface area contributed by atoms with Gasteiger partial charge in [0.2, 0.25) is 0 Å². The minimum atomic E-state index is -0.618. The van der Waals surface area contributed by atoms with Crippen molar-refractivity contribution in [2.45, 2.75) is 6.04 Å². The molecule has 1 amide bonds. The first-order chi connectivity index (χ1) is 8.65. The average molecular weight is 292 g/mol. The third-order valence-electron chi connectivity index (χ3n) is 2.84. The Labute approximate surface area is 114 Å². The van der Waals surface area contributed by atoms with E-state index in [0.717, 1.165) is 0 Å². The Kier molecular flexibility index (Phi) is 4.43. The molecular weight excluding hydrogens is 280 g/mol. The fourth-order valence-electron chi connectivity index (χ4n) is 1.90. The van der Waals surface area contributed by atoms with Gasteiger partial charge in [-0.05, 0) is 12.1 Å². The molecule has 0 aromatic heterocycles. The van der Waals surface area contributed by atoms with Crippen LogP contribution in [0.4, 0.5) is 4.39 Å². The minimum Gasteiger partial charge on any atom is -0.377 e. The number of hydrogen-bond acceptors (Lipinski definition) is 2. The highest BCUT2D eigenvalue weighted by Crippen LogP contribution is 2.23. The normalized spacial score (nSPS) is 19.9. The number of alkyl halides is 1. The summed E-state index contributed by atoms with van der Waals surface area (Å²) in [7, 11) is 0. The van der Waals surface area contributed by atoms with Crippen molar-refractivity contribution in [1.82, 2.24) is 4.90 Å². The number of halogens is 3. The Morgan fingerprint density at radius 2 is 2.33 bits per heavy atom. The van der Waals surface area contributed by atoms with Crippen LogP contribution in [0.5, 0.6) is 0 Å². The van der Waals surface area contributed by atoms with Gasteiger partial charge in [0.1, 0.15) is 5.82 Å². The SMILES string of the molecule is O=C(c1c(F)cccc1Cl)N1CCOCC1CCl. The molecule has 0 aliphatic carbocycles. The number of benzene rings is 1. The molecule has 1 aliphatic rings. The maximum Gasteiger partial charge on any atom is 0.258 e. The van der Waals surface area contributed by atoms with Gasteiger partial charge in [-0.1, -0.05) is 17.7 Å². The van der Waals surface area contributed by atoms with Gasteiger partial charge >= 0.3 is 0 Å². The predicted octanol–water partition coefficient (Wildman–Crippen LogP) is 2.56. The number of nitrogens with zero attached hydrogens (tertiary/aromatic N) is 1. The first-order valence-corrected chi connectivity index (χ1v) is 6.45. The van der Waals surface area contributed by atoms with Gasteiger partial charge in [-0.2, -0.15) is 0 Å². The molecule has 1 atom stereocenters. The maximum atomic E-state index is 13.7. The molecule has 1 heterocycles. The van der Waals surface area contributed by atoms with Gasteiger partial charge in [0.25, 0.3) is 5.91 Å². The second-order valence-corrected chi connectivity index (χ2v) is 4.69. The molecule has 98 valence electrons. The maximum absolute atomic E-state index is 13.7. The number of carbonyl (C=O) groups excluding carboxylic acids is 1. The molecule has 0 radical (unpaired) electrons. The van der Waals surface area contributed by atoms with Crippen LogP contribution >= 0.6 is 23.2 Å². The van der Waals surface area contributed by atoms with Crippen LogP contribution in [0.3, 0.4) is 0 Å². The van der Waals surface area contributed by atoms with Crippen molar-refractivity contribution in [3.05, 3.63) is 34.6 Å². The summed E-state index contributed by atoms with van der Waals surface area (Å²) in [6.07, 6.45) is 0. The van der Waals surface area contributed by atoms with Gasteiger partial charge in [0.05, 0.1) is 29.8 Å². The minimum absolute atomic E-state index is 0.101. The van der Waals surface area contributed by atoms with E-state index >= 15 is 0 Å². The molecule has 2 rings (SSSR count). The van der Waals surface area contributed by atoms with Gasteiger partial charge in [0.15, 0.2) is 0 Å². The zero-order chi connectivity index (χ0) is 13.1. The van der Waals surface area contributed by atoms with Crippen molar-refractivity contribution in [1.29, 1.82) is 0 Å². The zero-order valence-electron chi connectivity index (χ0n) is 9.54. The summed E-state index contributed by atoms with van der Waals surface area (Å²) in [5, 5.41) is 0.111. The second kappa shape index (κ2) is 5.87. The summed E-state index contributed by atoms with van der Waals surface area (Å²) in [4.78, 5) is 13.8. The molecule has 1 aromatic carbocycles. The highest BCUT2D eigenvalue weighted by Gasteiger charge is 2.30. The molecule has 1 aromatic rings. The topological polar surface area (TPSA) is 29.5 Å². The lowest BCUT2D eigenvalue weighted by molar-refractivity contribution is 0.00432. The zero-order valence-corrected chi connectivity index (χ0v) is 11.0. The first-order valence-electron chi connectivity index (χ1n) is 5.54. The van der Waals surface area contributed by atoms with Gasteiger partial charge in [0, 0.05) is 12.4 Å². The molecule has 0 N–H and O–H groups in total. The summed E-state index contributed by atoms with van der Waals surface area (Å²) in [6, 6.07) is 3.93. The number of rotatable bonds is 2. The van der Waals surface area contributed by atoms with Crippen molar-refractivity contribution < 1.29 is 13.9 Å². The summed E-state index contributed by atoms with van der Waals surface area (Å²) < 4.78 is 18.9. The molecule has 0 bridgehead atoms. The Morgan fingerprint density at radius 1 is 1.56 bits per heavy atom. The van der Waals surface area contributed by atoms with Crippen molar-refractivity contribution in [2.24, 2.45) is 0 Å². The van der Waals surface area contributed by atoms with Crippen LogP contribution in [0.15, 0.2) is 18.2 Å². The quantitative estimate of drug-likeness (QED) is 0.784. The Morgan fingerprint density at radius 3 is 3.00 bits per heavy atom. The monoisotopic (exact) mass is 291 g/mol. The third kappa shape index (κ3) is 2.60. The van der Waals surface area contributed by atoms with E-state index in [0.29, 0.717) is 19.8 Å². The molecule has 18 heavy (non-hydrogen) atoms. The van der Waals surface area contributed by atoms with E-state index in [4.69, 9.17) is 27.9 Å². The number of hydrogen-bond donors (Lipinski definition) is 0. The lowest BCUT2D eigenvalue weighted by Crippen LogP contribution is -2.49. The molecule has 1 aliphatic heterocycles. The van der Waals surface area contributed by atoms with Crippen molar-refractivity contribution in [2.75, 3.05) is 25.6 Å². The Balaban J connectivity index is 2.30. The molecule has 3 nitrogen and oxygen atoms in total. The van der Waals surface area contributed by atoms with E-state index in [-0.39, 0.29) is 22.5 Å². The van der Waals surface area contributed by atoms with Crippen LogP contribution < -0.4 is 0 Å². The van der Waals surface area contributed by atoms with Crippen molar-refractivity contribution in [3.63, 3.8) is 0 Å². The van der Waals surface area contributed by atoms with Crippen LogP contribution in [0.25, 0.3) is 0 Å². The van der Waals surface area contributed by atoms with Crippen LogP contribution in [0, 0.1) is 5.82 Å². The van der Waals surface area contributed by atoms with Crippen molar-refractivity contribution >= 4 is 29.1 Å². The highest BCUT2D eigenvalue weighted by molar-refractivity contribution is 6.33. The van der Waals surface area contributed by atoms with Gasteiger partial charge in [-0.25, -0.2) is 4.39 Å². The second-order valence-electron chi connectivity index (χ2n) is 3.98. The molecule has 1 fully saturated rings. The summed E-state index contributed by atoms with van der Waals surface area (Å²) in [6.45, 7) is 1.17.